The average molecular weight is 441 g/mol. The molecular weight excluding hydrogens is 430 g/mol. The molecule has 6 nitrogen and oxygen atoms in total. The normalized spacial score (nSPS) is 18.9. The van der Waals surface area contributed by atoms with Gasteiger partial charge in [0.15, 0.2) is 10.7 Å². The van der Waals surface area contributed by atoms with Crippen LogP contribution in [0.3, 0.4) is 0 Å². The van der Waals surface area contributed by atoms with Crippen molar-refractivity contribution in [3.63, 3.8) is 0 Å². The SMILES string of the molecule is CC1(CC(=O)O)Oc2cc(F)ccc2N(c2nc3ccc(Cl)c(Cl)c3s2)C1=O. The van der Waals surface area contributed by atoms with Gasteiger partial charge in [-0.05, 0) is 31.2 Å². The van der Waals surface area contributed by atoms with Crippen LogP contribution >= 0.6 is 34.5 Å². The molecule has 0 fully saturated rings. The quantitative estimate of drug-likeness (QED) is 0.617. The minimum atomic E-state index is -1.73. The van der Waals surface area contributed by atoms with Crippen LogP contribution in [0.25, 0.3) is 10.2 Å². The van der Waals surface area contributed by atoms with Gasteiger partial charge in [-0.2, -0.15) is 0 Å². The summed E-state index contributed by atoms with van der Waals surface area (Å²) in [6, 6.07) is 6.92. The fourth-order valence-corrected chi connectivity index (χ4v) is 4.50. The number of ether oxygens (including phenoxy) is 1. The van der Waals surface area contributed by atoms with E-state index in [9.17, 15) is 19.1 Å². The molecule has 28 heavy (non-hydrogen) atoms. The predicted octanol–water partition coefficient (Wildman–Crippen LogP) is 5.03. The van der Waals surface area contributed by atoms with Crippen molar-refractivity contribution in [2.45, 2.75) is 18.9 Å². The van der Waals surface area contributed by atoms with E-state index in [0.717, 1.165) is 17.4 Å². The minimum absolute atomic E-state index is 0.0479. The van der Waals surface area contributed by atoms with Crippen LogP contribution in [0.4, 0.5) is 15.2 Å². The fraction of sp³-hybridized carbons (Fsp3) is 0.167. The number of fused-ring (bicyclic) bond motifs is 2. The Bertz CT molecular complexity index is 1150. The second-order valence-electron chi connectivity index (χ2n) is 6.36. The average Bonchev–Trinajstić information content (AvgIpc) is 3.03. The number of aliphatic carboxylic acids is 1. The van der Waals surface area contributed by atoms with Crippen LogP contribution in [0.15, 0.2) is 30.3 Å². The number of carboxylic acids is 1. The summed E-state index contributed by atoms with van der Waals surface area (Å²) < 4.78 is 19.9. The maximum Gasteiger partial charge on any atom is 0.307 e. The van der Waals surface area contributed by atoms with Gasteiger partial charge in [0.1, 0.15) is 11.6 Å². The van der Waals surface area contributed by atoms with Crippen molar-refractivity contribution in [2.24, 2.45) is 0 Å². The van der Waals surface area contributed by atoms with Gasteiger partial charge in [-0.25, -0.2) is 14.3 Å². The highest BCUT2D eigenvalue weighted by molar-refractivity contribution is 7.23. The molecule has 1 unspecified atom stereocenters. The van der Waals surface area contributed by atoms with Gasteiger partial charge >= 0.3 is 5.97 Å². The lowest BCUT2D eigenvalue weighted by Gasteiger charge is -2.38. The molecule has 4 rings (SSSR count). The van der Waals surface area contributed by atoms with Crippen molar-refractivity contribution in [1.29, 1.82) is 0 Å². The number of carboxylic acid groups (broad SMARTS) is 1. The van der Waals surface area contributed by atoms with Crippen LogP contribution in [0.1, 0.15) is 13.3 Å². The van der Waals surface area contributed by atoms with Gasteiger partial charge in [-0.1, -0.05) is 34.5 Å². The monoisotopic (exact) mass is 440 g/mol. The Morgan fingerprint density at radius 3 is 2.82 bits per heavy atom. The number of anilines is 2. The molecule has 1 aliphatic rings. The van der Waals surface area contributed by atoms with Crippen LogP contribution in [0.5, 0.6) is 5.75 Å². The Morgan fingerprint density at radius 1 is 1.36 bits per heavy atom. The second kappa shape index (κ2) is 6.58. The summed E-state index contributed by atoms with van der Waals surface area (Å²) >= 11 is 13.4. The topological polar surface area (TPSA) is 79.7 Å². The Kier molecular flexibility index (Phi) is 4.45. The Balaban J connectivity index is 1.92. The third kappa shape index (κ3) is 2.97. The predicted molar refractivity (Wildman–Crippen MR) is 104 cm³/mol. The van der Waals surface area contributed by atoms with Crippen LogP contribution in [-0.4, -0.2) is 27.6 Å². The molecule has 1 atom stereocenters. The molecule has 0 saturated carbocycles. The molecule has 1 aliphatic heterocycles. The first kappa shape index (κ1) is 18.9. The summed E-state index contributed by atoms with van der Waals surface area (Å²) in [6.07, 6.45) is -0.601. The highest BCUT2D eigenvalue weighted by Gasteiger charge is 2.48. The van der Waals surface area contributed by atoms with Gasteiger partial charge < -0.3 is 9.84 Å². The van der Waals surface area contributed by atoms with Crippen molar-refractivity contribution >= 4 is 67.5 Å². The number of carbonyl (C=O) groups is 2. The number of amides is 1. The van der Waals surface area contributed by atoms with Crippen LogP contribution < -0.4 is 9.64 Å². The van der Waals surface area contributed by atoms with Crippen LogP contribution in [0.2, 0.25) is 10.0 Å². The number of aromatic nitrogens is 1. The summed E-state index contributed by atoms with van der Waals surface area (Å²) in [5.74, 6) is -2.39. The van der Waals surface area contributed by atoms with Gasteiger partial charge in [0.2, 0.25) is 0 Å². The van der Waals surface area contributed by atoms with Gasteiger partial charge in [0, 0.05) is 6.07 Å². The fourth-order valence-electron chi connectivity index (χ4n) is 3.00. The molecule has 144 valence electrons. The lowest BCUT2D eigenvalue weighted by Crippen LogP contribution is -2.53. The smallest absolute Gasteiger partial charge is 0.307 e. The third-order valence-electron chi connectivity index (χ3n) is 4.27. The summed E-state index contributed by atoms with van der Waals surface area (Å²) in [4.78, 5) is 30.2. The van der Waals surface area contributed by atoms with E-state index < -0.39 is 29.7 Å². The molecular formula is C18H11Cl2FN2O4S. The number of carbonyl (C=O) groups excluding carboxylic acids is 1. The van der Waals surface area contributed by atoms with E-state index in [0.29, 0.717) is 20.3 Å². The first-order chi connectivity index (χ1) is 13.2. The number of hydrogen-bond acceptors (Lipinski definition) is 5. The maximum atomic E-state index is 13.8. The van der Waals surface area contributed by atoms with Crippen molar-refractivity contribution < 1.29 is 23.8 Å². The summed E-state index contributed by atoms with van der Waals surface area (Å²) in [5.41, 5.74) is -0.945. The van der Waals surface area contributed by atoms with Crippen molar-refractivity contribution in [3.05, 3.63) is 46.2 Å². The van der Waals surface area contributed by atoms with Crippen LogP contribution in [0, 0.1) is 5.82 Å². The van der Waals surface area contributed by atoms with E-state index in [1.807, 2.05) is 0 Å². The Morgan fingerprint density at radius 2 is 2.11 bits per heavy atom. The molecule has 0 radical (unpaired) electrons. The Hall–Kier alpha value is -2.42. The highest BCUT2D eigenvalue weighted by atomic mass is 35.5. The Labute approximate surface area is 172 Å². The van der Waals surface area contributed by atoms with Gasteiger partial charge in [-0.3, -0.25) is 9.59 Å². The molecule has 2 aromatic carbocycles. The summed E-state index contributed by atoms with van der Waals surface area (Å²) in [6.45, 7) is 1.35. The lowest BCUT2D eigenvalue weighted by atomic mass is 9.97. The summed E-state index contributed by atoms with van der Waals surface area (Å²) in [5, 5.41) is 10.1. The standard InChI is InChI=1S/C18H11Cl2FN2O4S/c1-18(7-13(24)25)16(26)23(11-5-2-8(21)6-12(11)27-18)17-22-10-4-3-9(19)14(20)15(10)28-17/h2-6H,7H2,1H3,(H,24,25). The van der Waals surface area contributed by atoms with E-state index >= 15 is 0 Å². The third-order valence-corrected chi connectivity index (χ3v) is 6.26. The zero-order chi connectivity index (χ0) is 20.2. The number of hydrogen-bond donors (Lipinski definition) is 1. The number of nitrogens with zero attached hydrogens (tertiary/aromatic N) is 2. The van der Waals surface area contributed by atoms with E-state index in [1.54, 1.807) is 12.1 Å². The first-order valence-electron chi connectivity index (χ1n) is 7.99. The molecule has 0 aliphatic carbocycles. The summed E-state index contributed by atoms with van der Waals surface area (Å²) in [7, 11) is 0. The number of thiazole rings is 1. The molecule has 3 aromatic rings. The van der Waals surface area contributed by atoms with E-state index in [1.165, 1.54) is 24.0 Å². The number of rotatable bonds is 3. The zero-order valence-corrected chi connectivity index (χ0v) is 16.5. The molecule has 1 N–H and O–H groups in total. The second-order valence-corrected chi connectivity index (χ2v) is 8.12. The lowest BCUT2D eigenvalue weighted by molar-refractivity contribution is -0.148. The first-order valence-corrected chi connectivity index (χ1v) is 9.56. The molecule has 1 aromatic heterocycles. The van der Waals surface area contributed by atoms with E-state index in [2.05, 4.69) is 4.98 Å². The molecule has 2 heterocycles. The molecule has 10 heteroatoms. The van der Waals surface area contributed by atoms with Gasteiger partial charge in [0.05, 0.1) is 32.4 Å². The maximum absolute atomic E-state index is 13.8. The number of halogens is 3. The van der Waals surface area contributed by atoms with Crippen molar-refractivity contribution in [1.82, 2.24) is 4.98 Å². The molecule has 0 bridgehead atoms. The van der Waals surface area contributed by atoms with Crippen molar-refractivity contribution in [3.8, 4) is 5.75 Å². The molecule has 0 saturated heterocycles. The van der Waals surface area contributed by atoms with Crippen LogP contribution in [-0.2, 0) is 9.59 Å². The highest BCUT2D eigenvalue weighted by Crippen LogP contribution is 2.46. The minimum Gasteiger partial charge on any atom is -0.481 e. The van der Waals surface area contributed by atoms with Gasteiger partial charge in [-0.15, -0.1) is 0 Å². The zero-order valence-electron chi connectivity index (χ0n) is 14.2. The molecule has 0 spiro atoms. The number of benzene rings is 2. The van der Waals surface area contributed by atoms with E-state index in [4.69, 9.17) is 27.9 Å². The largest absolute Gasteiger partial charge is 0.481 e. The van der Waals surface area contributed by atoms with Gasteiger partial charge in [0.25, 0.3) is 5.91 Å². The molecule has 1 amide bonds. The van der Waals surface area contributed by atoms with E-state index in [-0.39, 0.29) is 16.6 Å². The van der Waals surface area contributed by atoms with Crippen molar-refractivity contribution in [2.75, 3.05) is 4.90 Å².